The number of carboxylic acids is 1. The van der Waals surface area contributed by atoms with Gasteiger partial charge in [0.15, 0.2) is 0 Å². The van der Waals surface area contributed by atoms with Gasteiger partial charge in [-0.2, -0.15) is 13.2 Å². The van der Waals surface area contributed by atoms with Crippen molar-refractivity contribution in [2.24, 2.45) is 0 Å². The predicted molar refractivity (Wildman–Crippen MR) is 102 cm³/mol. The van der Waals surface area contributed by atoms with Crippen LogP contribution in [0.25, 0.3) is 0 Å². The van der Waals surface area contributed by atoms with Crippen molar-refractivity contribution in [2.75, 3.05) is 0 Å². The topological polar surface area (TPSA) is 83.5 Å². The zero-order valence-corrected chi connectivity index (χ0v) is 16.3. The fraction of sp³-hybridized carbons (Fsp3) is 0.350. The molecule has 0 radical (unpaired) electrons. The number of halogens is 3. The van der Waals surface area contributed by atoms with Crippen LogP contribution in [0.5, 0.6) is 0 Å². The van der Waals surface area contributed by atoms with Crippen molar-refractivity contribution in [3.63, 3.8) is 0 Å². The lowest BCUT2D eigenvalue weighted by molar-refractivity contribution is -0.138. The van der Waals surface area contributed by atoms with E-state index in [1.165, 1.54) is 0 Å². The molecule has 0 aliphatic heterocycles. The van der Waals surface area contributed by atoms with Crippen LogP contribution in [0.15, 0.2) is 59.5 Å². The first kappa shape index (κ1) is 22.9. The van der Waals surface area contributed by atoms with Gasteiger partial charge in [0.05, 0.1) is 10.5 Å². The fourth-order valence-electron chi connectivity index (χ4n) is 2.86. The molecule has 2 N–H and O–H groups in total. The third-order valence-corrected chi connectivity index (χ3v) is 5.86. The molecule has 2 aromatic rings. The largest absolute Gasteiger partial charge is 0.481 e. The van der Waals surface area contributed by atoms with Crippen molar-refractivity contribution in [3.8, 4) is 0 Å². The van der Waals surface area contributed by atoms with E-state index in [0.29, 0.717) is 25.7 Å². The molecule has 29 heavy (non-hydrogen) atoms. The van der Waals surface area contributed by atoms with Crippen molar-refractivity contribution in [3.05, 3.63) is 65.7 Å². The first-order valence-electron chi connectivity index (χ1n) is 9.06. The zero-order chi connectivity index (χ0) is 21.5. The van der Waals surface area contributed by atoms with Gasteiger partial charge in [0.1, 0.15) is 0 Å². The van der Waals surface area contributed by atoms with Gasteiger partial charge in [-0.25, -0.2) is 13.1 Å². The summed E-state index contributed by atoms with van der Waals surface area (Å²) in [7, 11) is -4.04. The molecule has 0 fully saturated rings. The number of unbranched alkanes of at least 4 members (excludes halogenated alkanes) is 2. The van der Waals surface area contributed by atoms with Crippen molar-refractivity contribution in [1.29, 1.82) is 0 Å². The number of sulfonamides is 1. The van der Waals surface area contributed by atoms with E-state index < -0.39 is 33.8 Å². The van der Waals surface area contributed by atoms with Crippen LogP contribution < -0.4 is 4.72 Å². The minimum atomic E-state index is -4.54. The first-order valence-corrected chi connectivity index (χ1v) is 10.5. The summed E-state index contributed by atoms with van der Waals surface area (Å²) < 4.78 is 66.0. The molecular weight excluding hydrogens is 407 g/mol. The van der Waals surface area contributed by atoms with Crippen LogP contribution in [0, 0.1) is 0 Å². The second kappa shape index (κ2) is 9.89. The second-order valence-corrected chi connectivity index (χ2v) is 8.31. The quantitative estimate of drug-likeness (QED) is 0.534. The second-order valence-electron chi connectivity index (χ2n) is 6.60. The lowest BCUT2D eigenvalue weighted by Crippen LogP contribution is -2.28. The van der Waals surface area contributed by atoms with Gasteiger partial charge in [-0.15, -0.1) is 0 Å². The lowest BCUT2D eigenvalue weighted by Gasteiger charge is -2.19. The normalized spacial score (nSPS) is 13.2. The van der Waals surface area contributed by atoms with E-state index in [2.05, 4.69) is 4.72 Å². The summed E-state index contributed by atoms with van der Waals surface area (Å²) in [6.45, 7) is 0. The third-order valence-electron chi connectivity index (χ3n) is 4.37. The van der Waals surface area contributed by atoms with Gasteiger partial charge in [0, 0.05) is 12.5 Å². The Morgan fingerprint density at radius 2 is 1.59 bits per heavy atom. The van der Waals surface area contributed by atoms with Crippen LogP contribution in [0.2, 0.25) is 0 Å². The van der Waals surface area contributed by atoms with E-state index in [4.69, 9.17) is 5.11 Å². The molecule has 158 valence electrons. The molecule has 9 heteroatoms. The highest BCUT2D eigenvalue weighted by Crippen LogP contribution is 2.30. The molecule has 0 aliphatic rings. The average molecular weight is 429 g/mol. The van der Waals surface area contributed by atoms with Crippen molar-refractivity contribution >= 4 is 16.0 Å². The van der Waals surface area contributed by atoms with E-state index in [-0.39, 0.29) is 11.3 Å². The zero-order valence-electron chi connectivity index (χ0n) is 15.5. The number of rotatable bonds is 10. The summed E-state index contributed by atoms with van der Waals surface area (Å²) in [6.07, 6.45) is -2.35. The summed E-state index contributed by atoms with van der Waals surface area (Å²) in [5.41, 5.74) is -0.198. The average Bonchev–Trinajstić information content (AvgIpc) is 2.66. The van der Waals surface area contributed by atoms with Gasteiger partial charge < -0.3 is 5.11 Å². The lowest BCUT2D eigenvalue weighted by atomic mass is 10.0. The maximum Gasteiger partial charge on any atom is 0.416 e. The molecule has 1 unspecified atom stereocenters. The monoisotopic (exact) mass is 429 g/mol. The van der Waals surface area contributed by atoms with Crippen LogP contribution >= 0.6 is 0 Å². The maximum absolute atomic E-state index is 12.7. The van der Waals surface area contributed by atoms with E-state index >= 15 is 0 Å². The van der Waals surface area contributed by atoms with Gasteiger partial charge in [-0.05, 0) is 42.7 Å². The van der Waals surface area contributed by atoms with Crippen molar-refractivity contribution in [1.82, 2.24) is 4.72 Å². The van der Waals surface area contributed by atoms with E-state index in [1.807, 2.05) is 0 Å². The highest BCUT2D eigenvalue weighted by Gasteiger charge is 2.31. The number of aliphatic carboxylic acids is 1. The SMILES string of the molecule is O=C(O)CCCCCC(NS(=O)(=O)c1ccc(C(F)(F)F)cc1)c1ccccc1. The number of carboxylic acid groups (broad SMARTS) is 1. The highest BCUT2D eigenvalue weighted by molar-refractivity contribution is 7.89. The third kappa shape index (κ3) is 7.17. The fourth-order valence-corrected chi connectivity index (χ4v) is 4.12. The van der Waals surface area contributed by atoms with Crippen LogP contribution in [-0.4, -0.2) is 19.5 Å². The molecule has 0 bridgehead atoms. The van der Waals surface area contributed by atoms with Gasteiger partial charge in [-0.1, -0.05) is 43.2 Å². The van der Waals surface area contributed by atoms with Crippen LogP contribution in [-0.2, 0) is 21.0 Å². The molecule has 2 rings (SSSR count). The maximum atomic E-state index is 12.7. The van der Waals surface area contributed by atoms with E-state index in [9.17, 15) is 26.4 Å². The summed E-state index contributed by atoms with van der Waals surface area (Å²) in [6, 6.07) is 11.6. The molecule has 0 aliphatic carbocycles. The molecule has 0 spiro atoms. The molecule has 0 saturated heterocycles. The van der Waals surface area contributed by atoms with Crippen molar-refractivity contribution in [2.45, 2.75) is 49.2 Å². The Morgan fingerprint density at radius 1 is 0.966 bits per heavy atom. The minimum Gasteiger partial charge on any atom is -0.481 e. The minimum absolute atomic E-state index is 0.0489. The molecule has 1 atom stereocenters. The summed E-state index contributed by atoms with van der Waals surface area (Å²) in [4.78, 5) is 10.3. The Morgan fingerprint density at radius 3 is 2.14 bits per heavy atom. The number of hydrogen-bond acceptors (Lipinski definition) is 3. The number of benzene rings is 2. The molecule has 0 aromatic heterocycles. The van der Waals surface area contributed by atoms with E-state index in [1.54, 1.807) is 30.3 Å². The Bertz CT molecular complexity index is 898. The summed E-state index contributed by atoms with van der Waals surface area (Å²) in [5, 5.41) is 8.69. The molecule has 0 heterocycles. The molecule has 0 amide bonds. The molecule has 5 nitrogen and oxygen atoms in total. The van der Waals surface area contributed by atoms with Crippen LogP contribution in [0.4, 0.5) is 13.2 Å². The Hall–Kier alpha value is -2.39. The van der Waals surface area contributed by atoms with Gasteiger partial charge in [0.2, 0.25) is 10.0 Å². The predicted octanol–water partition coefficient (Wildman–Crippen LogP) is 4.76. The molecule has 0 saturated carbocycles. The standard InChI is InChI=1S/C20H22F3NO4S/c21-20(22,23)16-11-13-17(14-12-16)29(27,28)24-18(15-7-3-1-4-8-15)9-5-2-6-10-19(25)26/h1,3-4,7-8,11-14,18,24H,2,5-6,9-10H2,(H,25,26). The van der Waals surface area contributed by atoms with Crippen LogP contribution in [0.3, 0.4) is 0 Å². The Labute approximate surface area is 167 Å². The first-order chi connectivity index (χ1) is 13.6. The summed E-state index contributed by atoms with van der Waals surface area (Å²) >= 11 is 0. The van der Waals surface area contributed by atoms with Crippen molar-refractivity contribution < 1.29 is 31.5 Å². The number of hydrogen-bond donors (Lipinski definition) is 2. The summed E-state index contributed by atoms with van der Waals surface area (Å²) in [5.74, 6) is -0.882. The van der Waals surface area contributed by atoms with Gasteiger partial charge in [-0.3, -0.25) is 4.79 Å². The van der Waals surface area contributed by atoms with Gasteiger partial charge >= 0.3 is 12.1 Å². The highest BCUT2D eigenvalue weighted by atomic mass is 32.2. The Balaban J connectivity index is 2.13. The Kier molecular flexibility index (Phi) is 7.80. The van der Waals surface area contributed by atoms with Gasteiger partial charge in [0.25, 0.3) is 0 Å². The number of nitrogens with one attached hydrogen (secondary N) is 1. The number of alkyl halides is 3. The molecule has 2 aromatic carbocycles. The number of carbonyl (C=O) groups is 1. The smallest absolute Gasteiger partial charge is 0.416 e. The van der Waals surface area contributed by atoms with E-state index in [0.717, 1.165) is 29.8 Å². The molecular formula is C20H22F3NO4S. The van der Waals surface area contributed by atoms with Crippen LogP contribution in [0.1, 0.15) is 49.3 Å².